The van der Waals surface area contributed by atoms with Crippen molar-refractivity contribution in [3.05, 3.63) is 24.3 Å². The summed E-state index contributed by atoms with van der Waals surface area (Å²) in [6.45, 7) is 11.0. The maximum Gasteiger partial charge on any atom is 0.239 e. The molecule has 1 aromatic carbocycles. The van der Waals surface area contributed by atoms with Crippen molar-refractivity contribution in [3.8, 4) is 5.75 Å². The molecule has 2 saturated heterocycles. The molecule has 26 heavy (non-hydrogen) atoms. The quantitative estimate of drug-likeness (QED) is 0.819. The number of carbonyl (C=O) groups is 1. The van der Waals surface area contributed by atoms with Gasteiger partial charge >= 0.3 is 0 Å². The summed E-state index contributed by atoms with van der Waals surface area (Å²) in [7, 11) is 1.71. The topological polar surface area (TPSA) is 45.2 Å². The van der Waals surface area contributed by atoms with Crippen LogP contribution in [-0.2, 0) is 9.53 Å². The second-order valence-electron chi connectivity index (χ2n) is 7.37. The molecular formula is C20H31N3O3. The summed E-state index contributed by atoms with van der Waals surface area (Å²) in [6, 6.07) is 8.03. The third kappa shape index (κ3) is 4.13. The van der Waals surface area contributed by atoms with Crippen LogP contribution in [0.2, 0.25) is 0 Å². The van der Waals surface area contributed by atoms with Gasteiger partial charge in [0.2, 0.25) is 5.91 Å². The van der Waals surface area contributed by atoms with Gasteiger partial charge in [-0.25, -0.2) is 0 Å². The second kappa shape index (κ2) is 8.27. The highest BCUT2D eigenvalue weighted by Crippen LogP contribution is 2.28. The van der Waals surface area contributed by atoms with Crippen molar-refractivity contribution in [2.45, 2.75) is 39.0 Å². The van der Waals surface area contributed by atoms with E-state index in [-0.39, 0.29) is 24.2 Å². The smallest absolute Gasteiger partial charge is 0.239 e. The molecule has 0 aliphatic carbocycles. The molecule has 0 spiro atoms. The molecule has 0 radical (unpaired) electrons. The van der Waals surface area contributed by atoms with Gasteiger partial charge in [0.15, 0.2) is 0 Å². The summed E-state index contributed by atoms with van der Waals surface area (Å²) in [4.78, 5) is 19.5. The number of anilines is 1. The molecule has 1 aromatic rings. The zero-order valence-electron chi connectivity index (χ0n) is 16.4. The van der Waals surface area contributed by atoms with E-state index in [1.54, 1.807) is 7.11 Å². The Morgan fingerprint density at radius 2 is 1.73 bits per heavy atom. The Morgan fingerprint density at radius 3 is 2.35 bits per heavy atom. The van der Waals surface area contributed by atoms with E-state index >= 15 is 0 Å². The van der Waals surface area contributed by atoms with Gasteiger partial charge in [0.25, 0.3) is 0 Å². The molecule has 2 aliphatic heterocycles. The van der Waals surface area contributed by atoms with E-state index in [2.05, 4.69) is 15.9 Å². The van der Waals surface area contributed by atoms with Gasteiger partial charge in [-0.2, -0.15) is 0 Å². The summed E-state index contributed by atoms with van der Waals surface area (Å²) in [5.41, 5.74) is 1.13. The van der Waals surface area contributed by atoms with E-state index < -0.39 is 0 Å². The molecule has 3 rings (SSSR count). The molecule has 0 unspecified atom stereocenters. The van der Waals surface area contributed by atoms with Crippen LogP contribution >= 0.6 is 0 Å². The first kappa shape index (κ1) is 19.0. The van der Waals surface area contributed by atoms with Crippen molar-refractivity contribution in [1.82, 2.24) is 9.80 Å². The lowest BCUT2D eigenvalue weighted by molar-refractivity contribution is -0.148. The number of nitrogens with zero attached hydrogens (tertiary/aromatic N) is 3. The summed E-state index contributed by atoms with van der Waals surface area (Å²) in [5.74, 6) is 1.12. The van der Waals surface area contributed by atoms with Gasteiger partial charge in [0.1, 0.15) is 5.75 Å². The highest BCUT2D eigenvalue weighted by atomic mass is 16.5. The Bertz CT molecular complexity index is 606. The molecule has 144 valence electrons. The number of para-hydroxylation sites is 2. The number of benzene rings is 1. The van der Waals surface area contributed by atoms with Crippen LogP contribution in [0.15, 0.2) is 24.3 Å². The molecule has 1 amide bonds. The molecule has 2 fully saturated rings. The van der Waals surface area contributed by atoms with Crippen molar-refractivity contribution in [1.29, 1.82) is 0 Å². The highest BCUT2D eigenvalue weighted by molar-refractivity contribution is 5.81. The molecule has 2 aliphatic rings. The molecule has 0 saturated carbocycles. The van der Waals surface area contributed by atoms with Crippen LogP contribution in [0.5, 0.6) is 5.75 Å². The molecule has 0 aromatic heterocycles. The third-order valence-corrected chi connectivity index (χ3v) is 5.38. The second-order valence-corrected chi connectivity index (χ2v) is 7.37. The first-order valence-electron chi connectivity index (χ1n) is 9.56. The van der Waals surface area contributed by atoms with E-state index in [4.69, 9.17) is 9.47 Å². The molecule has 6 nitrogen and oxygen atoms in total. The van der Waals surface area contributed by atoms with E-state index in [0.717, 1.165) is 37.6 Å². The Labute approximate surface area is 156 Å². The third-order valence-electron chi connectivity index (χ3n) is 5.38. The molecule has 0 N–H and O–H groups in total. The minimum Gasteiger partial charge on any atom is -0.495 e. The first-order chi connectivity index (χ1) is 12.5. The lowest BCUT2D eigenvalue weighted by atomic mass is 10.1. The lowest BCUT2D eigenvalue weighted by Gasteiger charge is -2.42. The van der Waals surface area contributed by atoms with E-state index in [9.17, 15) is 4.79 Å². The minimum atomic E-state index is -0.0904. The van der Waals surface area contributed by atoms with Crippen LogP contribution in [0.4, 0.5) is 5.69 Å². The van der Waals surface area contributed by atoms with Crippen molar-refractivity contribution < 1.29 is 14.3 Å². The van der Waals surface area contributed by atoms with Crippen molar-refractivity contribution in [3.63, 3.8) is 0 Å². The van der Waals surface area contributed by atoms with Crippen LogP contribution < -0.4 is 9.64 Å². The normalized spacial score (nSPS) is 25.8. The largest absolute Gasteiger partial charge is 0.495 e. The molecule has 6 heteroatoms. The number of piperazine rings is 1. The maximum absolute atomic E-state index is 12.9. The summed E-state index contributed by atoms with van der Waals surface area (Å²) in [6.07, 6.45) is 0.217. The molecule has 0 bridgehead atoms. The standard InChI is InChI=1S/C20H31N3O3/c1-15-13-23(14-16(2)26-15)20(24)17(3)21-9-11-22(12-10-21)18-7-5-6-8-19(18)25-4/h5-8,15-17H,9-14H2,1-4H3/t15-,16-,17-/m0/s1. The van der Waals surface area contributed by atoms with Crippen LogP contribution in [0.3, 0.4) is 0 Å². The highest BCUT2D eigenvalue weighted by Gasteiger charge is 2.32. The Balaban J connectivity index is 1.58. The number of morpholine rings is 1. The number of hydrogen-bond acceptors (Lipinski definition) is 5. The number of hydrogen-bond donors (Lipinski definition) is 0. The first-order valence-corrected chi connectivity index (χ1v) is 9.56. The zero-order valence-corrected chi connectivity index (χ0v) is 16.4. The van der Waals surface area contributed by atoms with Gasteiger partial charge in [-0.15, -0.1) is 0 Å². The maximum atomic E-state index is 12.9. The van der Waals surface area contributed by atoms with Gasteiger partial charge in [0, 0.05) is 39.3 Å². The lowest BCUT2D eigenvalue weighted by Crippen LogP contribution is -2.57. The van der Waals surface area contributed by atoms with E-state index in [0.29, 0.717) is 13.1 Å². The minimum absolute atomic E-state index is 0.0904. The average molecular weight is 361 g/mol. The summed E-state index contributed by atoms with van der Waals surface area (Å²) >= 11 is 0. The summed E-state index contributed by atoms with van der Waals surface area (Å²) in [5, 5.41) is 0. The molecular weight excluding hydrogens is 330 g/mol. The number of ether oxygens (including phenoxy) is 2. The predicted molar refractivity (Wildman–Crippen MR) is 103 cm³/mol. The number of rotatable bonds is 4. The Morgan fingerprint density at radius 1 is 1.12 bits per heavy atom. The van der Waals surface area contributed by atoms with E-state index in [1.165, 1.54) is 0 Å². The van der Waals surface area contributed by atoms with Crippen LogP contribution in [0.25, 0.3) is 0 Å². The Kier molecular flexibility index (Phi) is 6.04. The van der Waals surface area contributed by atoms with Gasteiger partial charge in [-0.1, -0.05) is 12.1 Å². The number of methoxy groups -OCH3 is 1. The number of carbonyl (C=O) groups excluding carboxylic acids is 1. The predicted octanol–water partition coefficient (Wildman–Crippen LogP) is 1.84. The van der Waals surface area contributed by atoms with Crippen molar-refractivity contribution >= 4 is 11.6 Å². The molecule has 3 atom stereocenters. The van der Waals surface area contributed by atoms with Gasteiger partial charge in [-0.3, -0.25) is 9.69 Å². The van der Waals surface area contributed by atoms with Gasteiger partial charge in [-0.05, 0) is 32.9 Å². The van der Waals surface area contributed by atoms with Crippen LogP contribution in [0.1, 0.15) is 20.8 Å². The van der Waals surface area contributed by atoms with Gasteiger partial charge in [0.05, 0.1) is 31.0 Å². The Hall–Kier alpha value is -1.79. The van der Waals surface area contributed by atoms with Gasteiger partial charge < -0.3 is 19.3 Å². The summed E-state index contributed by atoms with van der Waals surface area (Å²) < 4.78 is 11.2. The van der Waals surface area contributed by atoms with Crippen molar-refractivity contribution in [2.75, 3.05) is 51.3 Å². The SMILES string of the molecule is COc1ccccc1N1CCN([C@@H](C)C(=O)N2C[C@H](C)O[C@@H](C)C2)CC1. The van der Waals surface area contributed by atoms with Crippen LogP contribution in [-0.4, -0.2) is 80.3 Å². The fourth-order valence-electron chi connectivity index (χ4n) is 4.02. The fourth-order valence-corrected chi connectivity index (χ4v) is 4.02. The number of amides is 1. The van der Waals surface area contributed by atoms with E-state index in [1.807, 2.05) is 43.9 Å². The average Bonchev–Trinajstić information content (AvgIpc) is 2.66. The monoisotopic (exact) mass is 361 g/mol. The van der Waals surface area contributed by atoms with Crippen LogP contribution in [0, 0.1) is 0 Å². The van der Waals surface area contributed by atoms with Crippen molar-refractivity contribution in [2.24, 2.45) is 0 Å². The molecule has 2 heterocycles. The fraction of sp³-hybridized carbons (Fsp3) is 0.650. The zero-order chi connectivity index (χ0) is 18.7.